The summed E-state index contributed by atoms with van der Waals surface area (Å²) in [5.41, 5.74) is 26.3. The minimum Gasteiger partial charge on any atom is -0.508 e. The van der Waals surface area contributed by atoms with Gasteiger partial charge < -0.3 is 50.3 Å². The minimum atomic E-state index is 0. The van der Waals surface area contributed by atoms with E-state index in [1.807, 2.05) is 210 Å². The number of ether oxygens (including phenoxy) is 3. The van der Waals surface area contributed by atoms with Crippen molar-refractivity contribution in [2.24, 2.45) is 0 Å². The zero-order chi connectivity index (χ0) is 73.3. The summed E-state index contributed by atoms with van der Waals surface area (Å²) in [6.07, 6.45) is 7.53. The molecule has 12 heteroatoms. The minimum absolute atomic E-state index is 0. The third-order valence-electron chi connectivity index (χ3n) is 17.7. The molecule has 8 N–H and O–H groups in total. The van der Waals surface area contributed by atoms with Crippen LogP contribution >= 0.6 is 0 Å². The predicted molar refractivity (Wildman–Crippen MR) is 407 cm³/mol. The summed E-state index contributed by atoms with van der Waals surface area (Å²) in [6.45, 7) is 42.5. The molecule has 9 aromatic rings. The summed E-state index contributed by atoms with van der Waals surface area (Å²) in [4.78, 5) is 23.4. The van der Waals surface area contributed by atoms with E-state index in [0.717, 1.165) is 190 Å². The number of hydrogen-bond acceptors (Lipinski definition) is 11. The Balaban J connectivity index is 0.000000215. The number of allylic oxidation sites excluding steroid dienone is 10. The van der Waals surface area contributed by atoms with Crippen molar-refractivity contribution >= 4 is 11.6 Å². The first-order valence-corrected chi connectivity index (χ1v) is 33.1. The number of benzene rings is 9. The third kappa shape index (κ3) is 18.9. The Kier molecular flexibility index (Phi) is 25.9. The molecule has 0 aromatic heterocycles. The van der Waals surface area contributed by atoms with Gasteiger partial charge in [-0.05, 0) is 417 Å². The molecule has 2 aliphatic carbocycles. The van der Waals surface area contributed by atoms with E-state index < -0.39 is 0 Å². The molecule has 12 nitrogen and oxygen atoms in total. The highest BCUT2D eigenvalue weighted by Crippen LogP contribution is 2.42. The zero-order valence-electron chi connectivity index (χ0n) is 62.1. The first kappa shape index (κ1) is 78.2. The van der Waals surface area contributed by atoms with Crippen LogP contribution in [0.4, 0.5) is 0 Å². The molecule has 11 rings (SSSR count). The number of hydrogen-bond donors (Lipinski definition) is 6. The van der Waals surface area contributed by atoms with Crippen LogP contribution in [0.1, 0.15) is 128 Å². The predicted octanol–water partition coefficient (Wildman–Crippen LogP) is 21.7. The van der Waals surface area contributed by atoms with Crippen molar-refractivity contribution in [1.82, 2.24) is 0 Å². The number of para-hydroxylation sites is 2. The van der Waals surface area contributed by atoms with E-state index in [1.54, 1.807) is 24.3 Å². The number of aryl methyl sites for hydroxylation is 18. The number of phenolic OH excluding ortho intramolecular Hbond substituents is 6. The summed E-state index contributed by atoms with van der Waals surface area (Å²) in [5.74, 6) is 6.94. The second kappa shape index (κ2) is 33.2. The van der Waals surface area contributed by atoms with Gasteiger partial charge in [0, 0.05) is 0 Å². The first-order valence-electron chi connectivity index (χ1n) is 33.1. The summed E-state index contributed by atoms with van der Waals surface area (Å²) in [5, 5.41) is 58.1. The topological polar surface area (TPSA) is 215 Å². The number of phenols is 6. The Bertz CT molecular complexity index is 4460. The molecule has 0 spiro atoms. The normalized spacial score (nSPS) is 12.3. The quantitative estimate of drug-likeness (QED) is 0.0841. The lowest BCUT2D eigenvalue weighted by Crippen LogP contribution is -2.09. The van der Waals surface area contributed by atoms with E-state index in [9.17, 15) is 40.2 Å². The molecule has 0 amide bonds. The maximum Gasteiger partial charge on any atom is 0.184 e. The van der Waals surface area contributed by atoms with Crippen molar-refractivity contribution < 1.29 is 59.9 Å². The van der Waals surface area contributed by atoms with Gasteiger partial charge >= 0.3 is 0 Å². The second-order valence-corrected chi connectivity index (χ2v) is 26.7. The number of aromatic hydroxyl groups is 6. The average molecular weight is 1350 g/mol. The van der Waals surface area contributed by atoms with E-state index in [2.05, 4.69) is 64.1 Å². The maximum atomic E-state index is 11.7. The van der Waals surface area contributed by atoms with Crippen molar-refractivity contribution in [3.05, 3.63) is 279 Å². The summed E-state index contributed by atoms with van der Waals surface area (Å²) < 4.78 is 18.9. The fourth-order valence-corrected chi connectivity index (χ4v) is 12.3. The van der Waals surface area contributed by atoms with E-state index in [-0.39, 0.29) is 28.5 Å². The van der Waals surface area contributed by atoms with Gasteiger partial charge in [-0.1, -0.05) is 36.4 Å². The third-order valence-corrected chi connectivity index (χ3v) is 17.7. The number of carbonyl (C=O) groups excluding carboxylic acids is 2. The fraction of sp³-hybridized carbons (Fsp3) is 0.250. The van der Waals surface area contributed by atoms with Crippen LogP contribution in [0.25, 0.3) is 22.3 Å². The van der Waals surface area contributed by atoms with E-state index >= 15 is 0 Å². The van der Waals surface area contributed by atoms with Gasteiger partial charge in [0.1, 0.15) is 69.0 Å². The lowest BCUT2D eigenvalue weighted by Gasteiger charge is -2.18. The van der Waals surface area contributed by atoms with Gasteiger partial charge in [0.25, 0.3) is 0 Å². The highest BCUT2D eigenvalue weighted by molar-refractivity contribution is 6.11. The molecule has 0 radical (unpaired) electrons. The van der Waals surface area contributed by atoms with Crippen molar-refractivity contribution in [2.75, 3.05) is 0 Å². The zero-order valence-corrected chi connectivity index (χ0v) is 62.1. The summed E-state index contributed by atoms with van der Waals surface area (Å²) >= 11 is 0. The van der Waals surface area contributed by atoms with E-state index in [4.69, 9.17) is 14.2 Å². The highest BCUT2D eigenvalue weighted by Gasteiger charge is 2.21. The SMILES string of the molecule is CC1=CC(=C2C=C(C)C(=O)C(C)=C2)C=C(C)C1=O.Cc1cc(-c2cc(C)c(Oc3c(C)cc(O)cc3C)c(C)c2)cc(C)c1O.Cc1cc(Oc2c(C)cc(-c3cc(C)c(Oc4c(C)cc(O)cc4C)c(C)c3)cc2C)cc(C)c1O.Cc1cccc(C)c1O.Cc1cccc(C)c1O.O. The number of ketones is 2. The first-order chi connectivity index (χ1) is 46.4. The van der Waals surface area contributed by atoms with Crippen molar-refractivity contribution in [3.8, 4) is 91.2 Å². The Hall–Kier alpha value is -10.8. The molecule has 0 unspecified atom stereocenters. The van der Waals surface area contributed by atoms with E-state index in [0.29, 0.717) is 23.0 Å². The van der Waals surface area contributed by atoms with Gasteiger partial charge in [0.2, 0.25) is 0 Å². The molecule has 0 saturated carbocycles. The van der Waals surface area contributed by atoms with E-state index in [1.165, 1.54) is 0 Å². The highest BCUT2D eigenvalue weighted by atomic mass is 16.5. The molecule has 522 valence electrons. The van der Waals surface area contributed by atoms with Crippen molar-refractivity contribution in [3.63, 3.8) is 0 Å². The number of Topliss-reactive ketones (excluding diaryl/α,β-unsaturated/α-hetero) is 2. The van der Waals surface area contributed by atoms with Crippen LogP contribution in [0.2, 0.25) is 0 Å². The lowest BCUT2D eigenvalue weighted by atomic mass is 9.88. The summed E-state index contributed by atoms with van der Waals surface area (Å²) in [7, 11) is 0. The average Bonchev–Trinajstić information content (AvgIpc) is 0.798. The van der Waals surface area contributed by atoms with Crippen LogP contribution in [0, 0.1) is 125 Å². The molecule has 0 heterocycles. The van der Waals surface area contributed by atoms with Crippen molar-refractivity contribution in [1.29, 1.82) is 0 Å². The van der Waals surface area contributed by atoms with Gasteiger partial charge in [-0.3, -0.25) is 9.59 Å². The van der Waals surface area contributed by atoms with Crippen LogP contribution < -0.4 is 14.2 Å². The second-order valence-electron chi connectivity index (χ2n) is 26.7. The molecule has 0 fully saturated rings. The Labute approximate surface area is 591 Å². The van der Waals surface area contributed by atoms with Crippen LogP contribution in [-0.4, -0.2) is 47.7 Å². The summed E-state index contributed by atoms with van der Waals surface area (Å²) in [6, 6.07) is 38.8. The number of carbonyl (C=O) groups is 2. The van der Waals surface area contributed by atoms with Crippen LogP contribution in [0.3, 0.4) is 0 Å². The largest absolute Gasteiger partial charge is 0.508 e. The lowest BCUT2D eigenvalue weighted by molar-refractivity contribution is -0.113. The van der Waals surface area contributed by atoms with Crippen LogP contribution in [0.15, 0.2) is 179 Å². The fourth-order valence-electron chi connectivity index (χ4n) is 12.3. The van der Waals surface area contributed by atoms with Gasteiger partial charge in [-0.2, -0.15) is 0 Å². The Morgan fingerprint density at radius 1 is 0.240 bits per heavy atom. The Morgan fingerprint density at radius 2 is 0.430 bits per heavy atom. The van der Waals surface area contributed by atoms with Gasteiger partial charge in [-0.25, -0.2) is 0 Å². The Morgan fingerprint density at radius 3 is 0.660 bits per heavy atom. The van der Waals surface area contributed by atoms with Gasteiger partial charge in [0.15, 0.2) is 11.6 Å². The maximum absolute atomic E-state index is 11.7. The molecular formula is C88H98O12. The standard InChI is InChI=1S/C32H34O4.C24H26O3.C16H16O2.2C8H10O.H2O/c1-17-15-28(16-18(2)29(17)34)35-30-19(3)9-25(10-20(30)4)26-11-21(5)31(22(6)12-26)36-32-23(7)13-27(33)14-24(32)8;1-13-7-19(8-14(2)22(13)26)20-9-15(3)23(16(4)10-20)27-24-17(5)11-21(25)12-18(24)6;1-9-5-13(6-10(2)15(9)17)14-7-11(3)16(18)12(4)8-14;2*1-6-4-3-5-7(2)8(6)9;/h9-16,33-34H,1-8H3;7-12,25-26H,1-6H3;5-8H,1-4H3;2*3-5,9H,1-2H3;1H2. The van der Waals surface area contributed by atoms with Crippen LogP contribution in [0.5, 0.6) is 69.0 Å². The molecule has 100 heavy (non-hydrogen) atoms. The van der Waals surface area contributed by atoms with Crippen LogP contribution in [-0.2, 0) is 9.59 Å². The monoisotopic (exact) mass is 1350 g/mol. The molecule has 2 aliphatic rings. The molecule has 9 aromatic carbocycles. The van der Waals surface area contributed by atoms with Gasteiger partial charge in [-0.15, -0.1) is 0 Å². The smallest absolute Gasteiger partial charge is 0.184 e. The molecule has 0 saturated heterocycles. The molecule has 0 bridgehead atoms. The van der Waals surface area contributed by atoms with Crippen molar-refractivity contribution in [2.45, 2.75) is 152 Å². The molecular weight excluding hydrogens is 1250 g/mol. The molecule has 0 aliphatic heterocycles. The molecule has 0 atom stereocenters. The number of rotatable bonds is 8. The van der Waals surface area contributed by atoms with Gasteiger partial charge in [0.05, 0.1) is 0 Å².